The van der Waals surface area contributed by atoms with Gasteiger partial charge < -0.3 is 0 Å². The maximum atomic E-state index is 6.17. The topological polar surface area (TPSA) is 0 Å². The van der Waals surface area contributed by atoms with Crippen LogP contribution in [0, 0.1) is 13.8 Å². The van der Waals surface area contributed by atoms with Crippen LogP contribution >= 0.6 is 27.5 Å². The Morgan fingerprint density at radius 3 is 2.44 bits per heavy atom. The van der Waals surface area contributed by atoms with Crippen molar-refractivity contribution in [2.75, 3.05) is 0 Å². The van der Waals surface area contributed by atoms with Crippen molar-refractivity contribution >= 4 is 27.5 Å². The summed E-state index contributed by atoms with van der Waals surface area (Å²) < 4.78 is 0. The van der Waals surface area contributed by atoms with E-state index in [4.69, 9.17) is 11.6 Å². The maximum Gasteiger partial charge on any atom is 0.0438 e. The molecular formula is C16H16BrCl. The lowest BCUT2D eigenvalue weighted by atomic mass is 10.00. The first kappa shape index (κ1) is 13.6. The average Bonchev–Trinajstić information content (AvgIpc) is 2.35. The van der Waals surface area contributed by atoms with E-state index >= 15 is 0 Å². The Hall–Kier alpha value is -0.790. The van der Waals surface area contributed by atoms with E-state index < -0.39 is 0 Å². The van der Waals surface area contributed by atoms with E-state index in [1.807, 2.05) is 6.92 Å². The first-order chi connectivity index (χ1) is 8.58. The molecule has 0 radical (unpaired) electrons. The molecule has 0 nitrogen and oxygen atoms in total. The summed E-state index contributed by atoms with van der Waals surface area (Å²) in [6.45, 7) is 4.17. The third kappa shape index (κ3) is 3.15. The van der Waals surface area contributed by atoms with Crippen LogP contribution in [0.2, 0.25) is 5.02 Å². The highest BCUT2D eigenvalue weighted by Crippen LogP contribution is 2.30. The molecule has 2 heteroatoms. The average molecular weight is 324 g/mol. The zero-order valence-electron chi connectivity index (χ0n) is 10.6. The van der Waals surface area contributed by atoms with Crippen LogP contribution in [-0.4, -0.2) is 0 Å². The van der Waals surface area contributed by atoms with E-state index in [-0.39, 0.29) is 0 Å². The van der Waals surface area contributed by atoms with E-state index in [9.17, 15) is 0 Å². The molecule has 0 aliphatic carbocycles. The summed E-state index contributed by atoms with van der Waals surface area (Å²) in [5.41, 5.74) is 5.06. The van der Waals surface area contributed by atoms with Gasteiger partial charge in [-0.15, -0.1) is 0 Å². The quantitative estimate of drug-likeness (QED) is 0.642. The summed E-state index contributed by atoms with van der Waals surface area (Å²) >= 11 is 9.93. The Bertz CT molecular complexity index is 549. The number of hydrogen-bond donors (Lipinski definition) is 0. The molecule has 1 unspecified atom stereocenters. The minimum absolute atomic E-state index is 0.302. The van der Waals surface area contributed by atoms with Crippen LogP contribution in [-0.2, 0) is 6.42 Å². The number of rotatable bonds is 3. The Morgan fingerprint density at radius 2 is 1.78 bits per heavy atom. The van der Waals surface area contributed by atoms with Crippen LogP contribution in [0.1, 0.15) is 27.1 Å². The van der Waals surface area contributed by atoms with Crippen molar-refractivity contribution in [2.45, 2.75) is 25.1 Å². The lowest BCUT2D eigenvalue weighted by Crippen LogP contribution is -1.97. The maximum absolute atomic E-state index is 6.17. The van der Waals surface area contributed by atoms with Crippen LogP contribution in [0.25, 0.3) is 0 Å². The first-order valence-corrected chi connectivity index (χ1v) is 7.32. The molecule has 0 amide bonds. The van der Waals surface area contributed by atoms with Gasteiger partial charge in [0.05, 0.1) is 0 Å². The van der Waals surface area contributed by atoms with Gasteiger partial charge in [0.15, 0.2) is 0 Å². The van der Waals surface area contributed by atoms with Gasteiger partial charge in [-0.05, 0) is 48.6 Å². The Labute approximate surface area is 122 Å². The lowest BCUT2D eigenvalue weighted by Gasteiger charge is -2.13. The fourth-order valence-corrected chi connectivity index (χ4v) is 2.78. The minimum atomic E-state index is 0.302. The smallest absolute Gasteiger partial charge is 0.0438 e. The van der Waals surface area contributed by atoms with E-state index in [0.717, 1.165) is 17.0 Å². The number of hydrogen-bond acceptors (Lipinski definition) is 0. The molecule has 18 heavy (non-hydrogen) atoms. The van der Waals surface area contributed by atoms with Gasteiger partial charge in [0.2, 0.25) is 0 Å². The third-order valence-corrected chi connectivity index (χ3v) is 4.48. The zero-order chi connectivity index (χ0) is 13.1. The van der Waals surface area contributed by atoms with E-state index in [1.54, 1.807) is 0 Å². The highest BCUT2D eigenvalue weighted by Gasteiger charge is 2.11. The summed E-state index contributed by atoms with van der Waals surface area (Å²) in [6, 6.07) is 14.8. The van der Waals surface area contributed by atoms with Gasteiger partial charge in [-0.3, -0.25) is 0 Å². The van der Waals surface area contributed by atoms with Crippen LogP contribution < -0.4 is 0 Å². The van der Waals surface area contributed by atoms with E-state index in [1.165, 1.54) is 16.7 Å². The van der Waals surface area contributed by atoms with Crippen LogP contribution in [0.4, 0.5) is 0 Å². The van der Waals surface area contributed by atoms with Crippen molar-refractivity contribution in [1.29, 1.82) is 0 Å². The van der Waals surface area contributed by atoms with Crippen LogP contribution in [0.5, 0.6) is 0 Å². The van der Waals surface area contributed by atoms with Crippen molar-refractivity contribution in [3.8, 4) is 0 Å². The number of alkyl halides is 1. The molecule has 0 heterocycles. The number of halogens is 2. The highest BCUT2D eigenvalue weighted by molar-refractivity contribution is 9.09. The molecule has 2 aromatic rings. The van der Waals surface area contributed by atoms with Gasteiger partial charge >= 0.3 is 0 Å². The number of benzene rings is 2. The molecule has 2 rings (SSSR count). The molecule has 0 N–H and O–H groups in total. The molecule has 94 valence electrons. The van der Waals surface area contributed by atoms with Crippen molar-refractivity contribution < 1.29 is 0 Å². The largest absolute Gasteiger partial charge is 0.0840 e. The molecule has 0 saturated carbocycles. The molecule has 0 aromatic heterocycles. The second-order valence-corrected chi connectivity index (χ2v) is 6.12. The molecule has 2 aromatic carbocycles. The lowest BCUT2D eigenvalue weighted by molar-refractivity contribution is 0.938. The van der Waals surface area contributed by atoms with Crippen molar-refractivity contribution in [3.63, 3.8) is 0 Å². The minimum Gasteiger partial charge on any atom is -0.0840 e. The summed E-state index contributed by atoms with van der Waals surface area (Å²) in [5.74, 6) is 0. The van der Waals surface area contributed by atoms with Crippen LogP contribution in [0.3, 0.4) is 0 Å². The van der Waals surface area contributed by atoms with Gasteiger partial charge in [0, 0.05) is 9.85 Å². The van der Waals surface area contributed by atoms with Gasteiger partial charge in [0.1, 0.15) is 0 Å². The Kier molecular flexibility index (Phi) is 4.47. The monoisotopic (exact) mass is 322 g/mol. The van der Waals surface area contributed by atoms with Gasteiger partial charge in [0.25, 0.3) is 0 Å². The highest BCUT2D eigenvalue weighted by atomic mass is 79.9. The standard InChI is InChI=1S/C16H16BrCl/c1-11-5-3-4-6-13(11)9-15(17)14-8-7-12(2)16(18)10-14/h3-8,10,15H,9H2,1-2H3. The molecule has 0 aliphatic heterocycles. The van der Waals surface area contributed by atoms with Crippen molar-refractivity contribution in [1.82, 2.24) is 0 Å². The summed E-state index contributed by atoms with van der Waals surface area (Å²) in [4.78, 5) is 0.302. The summed E-state index contributed by atoms with van der Waals surface area (Å²) in [6.07, 6.45) is 0.978. The fourth-order valence-electron chi connectivity index (χ4n) is 1.95. The van der Waals surface area contributed by atoms with Gasteiger partial charge in [-0.25, -0.2) is 0 Å². The third-order valence-electron chi connectivity index (χ3n) is 3.22. The second-order valence-electron chi connectivity index (χ2n) is 4.61. The summed E-state index contributed by atoms with van der Waals surface area (Å²) in [5, 5.41) is 0.835. The molecular weight excluding hydrogens is 308 g/mol. The first-order valence-electron chi connectivity index (χ1n) is 6.02. The Balaban J connectivity index is 2.19. The van der Waals surface area contributed by atoms with E-state index in [2.05, 4.69) is 65.3 Å². The molecule has 0 aliphatic rings. The van der Waals surface area contributed by atoms with Gasteiger partial charge in [-0.1, -0.05) is 63.9 Å². The molecule has 1 atom stereocenters. The summed E-state index contributed by atoms with van der Waals surface area (Å²) in [7, 11) is 0. The SMILES string of the molecule is Cc1ccc(C(Br)Cc2ccccc2C)cc1Cl. The van der Waals surface area contributed by atoms with Gasteiger partial charge in [-0.2, -0.15) is 0 Å². The predicted molar refractivity (Wildman–Crippen MR) is 82.7 cm³/mol. The zero-order valence-corrected chi connectivity index (χ0v) is 12.9. The molecule has 0 spiro atoms. The normalized spacial score (nSPS) is 12.4. The van der Waals surface area contributed by atoms with E-state index in [0.29, 0.717) is 4.83 Å². The molecule has 0 saturated heterocycles. The Morgan fingerprint density at radius 1 is 1.06 bits per heavy atom. The predicted octanol–water partition coefficient (Wildman–Crippen LogP) is 5.64. The van der Waals surface area contributed by atoms with Crippen LogP contribution in [0.15, 0.2) is 42.5 Å². The second kappa shape index (κ2) is 5.90. The van der Waals surface area contributed by atoms with Crippen molar-refractivity contribution in [3.05, 3.63) is 69.7 Å². The fraction of sp³-hybridized carbons (Fsp3) is 0.250. The molecule has 0 bridgehead atoms. The van der Waals surface area contributed by atoms with Crippen molar-refractivity contribution in [2.24, 2.45) is 0 Å². The number of aryl methyl sites for hydroxylation is 2. The molecule has 0 fully saturated rings.